The summed E-state index contributed by atoms with van der Waals surface area (Å²) in [6, 6.07) is 87.7. The third-order valence-corrected chi connectivity index (χ3v) is 14.2. The van der Waals surface area contributed by atoms with Crippen molar-refractivity contribution in [1.82, 2.24) is 19.1 Å². The molecular weight excluding hydrogens is 837 g/mol. The molecule has 3 aromatic heterocycles. The number of aromatic nitrogens is 4. The van der Waals surface area contributed by atoms with Gasteiger partial charge >= 0.3 is 0 Å². The zero-order valence-corrected chi connectivity index (χ0v) is 37.6. The van der Waals surface area contributed by atoms with Gasteiger partial charge in [-0.25, -0.2) is 9.97 Å². The average Bonchev–Trinajstić information content (AvgIpc) is 4.09. The lowest BCUT2D eigenvalue weighted by atomic mass is 9.93. The molecule has 0 amide bonds. The van der Waals surface area contributed by atoms with Gasteiger partial charge in [-0.05, 0) is 117 Å². The maximum absolute atomic E-state index is 5.35. The van der Waals surface area contributed by atoms with E-state index >= 15 is 0 Å². The van der Waals surface area contributed by atoms with E-state index in [4.69, 9.17) is 9.97 Å². The second kappa shape index (κ2) is 15.8. The minimum absolute atomic E-state index is 0.639. The van der Waals surface area contributed by atoms with Crippen LogP contribution in [0.4, 0.5) is 0 Å². The Morgan fingerprint density at radius 2 is 0.783 bits per heavy atom. The molecule has 0 fully saturated rings. The van der Waals surface area contributed by atoms with Crippen LogP contribution in [0.5, 0.6) is 0 Å². The van der Waals surface area contributed by atoms with Gasteiger partial charge in [0.15, 0.2) is 0 Å². The Kier molecular flexibility index (Phi) is 8.93. The highest BCUT2D eigenvalue weighted by Crippen LogP contribution is 2.48. The summed E-state index contributed by atoms with van der Waals surface area (Å²) < 4.78 is 4.76. The van der Waals surface area contributed by atoms with Crippen LogP contribution >= 0.6 is 0 Å². The van der Waals surface area contributed by atoms with E-state index in [1.54, 1.807) is 0 Å². The monoisotopic (exact) mass is 878 g/mol. The predicted molar refractivity (Wildman–Crippen MR) is 286 cm³/mol. The first kappa shape index (κ1) is 39.1. The second-order valence-electron chi connectivity index (χ2n) is 18.1. The predicted octanol–water partition coefficient (Wildman–Crippen LogP) is 16.6. The van der Waals surface area contributed by atoms with Gasteiger partial charge in [0.1, 0.15) is 0 Å². The van der Waals surface area contributed by atoms with Crippen molar-refractivity contribution in [1.29, 1.82) is 0 Å². The number of benzene rings is 10. The Hall–Kier alpha value is -9.12. The minimum atomic E-state index is 0.639. The van der Waals surface area contributed by atoms with Crippen molar-refractivity contribution in [3.63, 3.8) is 0 Å². The number of rotatable bonds is 7. The molecule has 10 aromatic carbocycles. The Morgan fingerprint density at radius 3 is 1.41 bits per heavy atom. The van der Waals surface area contributed by atoms with Crippen molar-refractivity contribution in [3.8, 4) is 78.7 Å². The van der Waals surface area contributed by atoms with Crippen molar-refractivity contribution in [2.45, 2.75) is 6.42 Å². The number of nitrogens with zero attached hydrogens (tertiary/aromatic N) is 4. The summed E-state index contributed by atoms with van der Waals surface area (Å²) >= 11 is 0. The first-order valence-electron chi connectivity index (χ1n) is 23.7. The van der Waals surface area contributed by atoms with Crippen LogP contribution in [0.25, 0.3) is 122 Å². The van der Waals surface area contributed by atoms with Crippen LogP contribution in [-0.4, -0.2) is 19.1 Å². The highest BCUT2D eigenvalue weighted by Gasteiger charge is 2.27. The Bertz CT molecular complexity index is 4070. The molecule has 4 heteroatoms. The van der Waals surface area contributed by atoms with E-state index in [-0.39, 0.29) is 0 Å². The SMILES string of the molecule is c1ccc(-c2cccc(-c3ccc4c(c3)-c3cc(-n5c6ccccc6c6c7c8ccccc8n(-c8nc(-c9ccccc9)cc(-c9ccccc9)n8)c7ccc65)cc(-c5ccccc5)c3C4)c2)cc1. The van der Waals surface area contributed by atoms with E-state index in [9.17, 15) is 0 Å². The maximum Gasteiger partial charge on any atom is 0.235 e. The van der Waals surface area contributed by atoms with Crippen molar-refractivity contribution in [3.05, 3.63) is 254 Å². The molecule has 0 bridgehead atoms. The van der Waals surface area contributed by atoms with Crippen LogP contribution in [-0.2, 0) is 6.42 Å². The molecule has 0 spiro atoms. The van der Waals surface area contributed by atoms with Crippen molar-refractivity contribution in [2.24, 2.45) is 0 Å². The van der Waals surface area contributed by atoms with Crippen LogP contribution < -0.4 is 0 Å². The number of hydrogen-bond donors (Lipinski definition) is 0. The lowest BCUT2D eigenvalue weighted by Crippen LogP contribution is -2.04. The lowest BCUT2D eigenvalue weighted by Gasteiger charge is -2.16. The van der Waals surface area contributed by atoms with Crippen LogP contribution in [0.1, 0.15) is 11.1 Å². The lowest BCUT2D eigenvalue weighted by molar-refractivity contribution is 0.996. The largest absolute Gasteiger partial charge is 0.309 e. The molecule has 14 rings (SSSR count). The molecule has 0 saturated heterocycles. The molecular formula is C65H42N4. The van der Waals surface area contributed by atoms with Gasteiger partial charge in [0.2, 0.25) is 5.95 Å². The highest BCUT2D eigenvalue weighted by molar-refractivity contribution is 6.29. The summed E-state index contributed by atoms with van der Waals surface area (Å²) in [5.41, 5.74) is 22.1. The van der Waals surface area contributed by atoms with Gasteiger partial charge < -0.3 is 4.57 Å². The molecule has 322 valence electrons. The quantitative estimate of drug-likeness (QED) is 0.160. The highest BCUT2D eigenvalue weighted by atomic mass is 15.2. The molecule has 1 aliphatic rings. The minimum Gasteiger partial charge on any atom is -0.309 e. The van der Waals surface area contributed by atoms with Gasteiger partial charge in [0, 0.05) is 38.4 Å². The van der Waals surface area contributed by atoms with E-state index < -0.39 is 0 Å². The Balaban J connectivity index is 1.000. The second-order valence-corrected chi connectivity index (χ2v) is 18.1. The first-order valence-corrected chi connectivity index (χ1v) is 23.7. The summed E-state index contributed by atoms with van der Waals surface area (Å²) in [6.07, 6.45) is 0.881. The maximum atomic E-state index is 5.35. The van der Waals surface area contributed by atoms with Gasteiger partial charge in [-0.15, -0.1) is 0 Å². The topological polar surface area (TPSA) is 35.6 Å². The van der Waals surface area contributed by atoms with E-state index in [1.165, 1.54) is 71.8 Å². The van der Waals surface area contributed by atoms with Gasteiger partial charge in [-0.2, -0.15) is 0 Å². The molecule has 3 heterocycles. The molecule has 0 N–H and O–H groups in total. The summed E-state index contributed by atoms with van der Waals surface area (Å²) in [5, 5.41) is 4.76. The number of fused-ring (bicyclic) bond motifs is 10. The van der Waals surface area contributed by atoms with E-state index in [0.29, 0.717) is 5.95 Å². The third kappa shape index (κ3) is 6.37. The van der Waals surface area contributed by atoms with Crippen molar-refractivity contribution in [2.75, 3.05) is 0 Å². The van der Waals surface area contributed by atoms with E-state index in [0.717, 1.165) is 62.1 Å². The Labute approximate surface area is 399 Å². The van der Waals surface area contributed by atoms with Crippen LogP contribution in [0.3, 0.4) is 0 Å². The first-order chi connectivity index (χ1) is 34.2. The van der Waals surface area contributed by atoms with Gasteiger partial charge in [-0.1, -0.05) is 188 Å². The molecule has 0 radical (unpaired) electrons. The van der Waals surface area contributed by atoms with Crippen molar-refractivity contribution >= 4 is 43.6 Å². The summed E-state index contributed by atoms with van der Waals surface area (Å²) in [6.45, 7) is 0. The molecule has 1 aliphatic carbocycles. The summed E-state index contributed by atoms with van der Waals surface area (Å²) in [7, 11) is 0. The molecule has 0 aliphatic heterocycles. The van der Waals surface area contributed by atoms with E-state index in [2.05, 4.69) is 240 Å². The zero-order chi connectivity index (χ0) is 45.4. The standard InChI is InChI=1S/C65H42N4/c1-5-18-42(19-6-1)46-26-17-27-47(36-46)48-32-33-49-38-55-54(43-20-7-2-8-21-43)39-50(40-56(55)53(49)37-48)68-59-30-15-13-28-51(59)63-61(68)34-35-62-64(63)52-29-14-16-31-60(52)69(62)65-66-57(44-22-9-3-10-23-44)41-58(67-65)45-24-11-4-12-25-45/h1-37,39-41H,38H2. The van der Waals surface area contributed by atoms with E-state index in [1.807, 2.05) is 12.1 Å². The van der Waals surface area contributed by atoms with Gasteiger partial charge in [0.25, 0.3) is 0 Å². The Morgan fingerprint density at radius 1 is 0.304 bits per heavy atom. The molecule has 13 aromatic rings. The summed E-state index contributed by atoms with van der Waals surface area (Å²) in [5.74, 6) is 0.639. The normalized spacial score (nSPS) is 12.0. The van der Waals surface area contributed by atoms with Gasteiger partial charge in [0.05, 0.1) is 33.5 Å². The van der Waals surface area contributed by atoms with Gasteiger partial charge in [-0.3, -0.25) is 4.57 Å². The fourth-order valence-electron chi connectivity index (χ4n) is 11.0. The van der Waals surface area contributed by atoms with Crippen LogP contribution in [0, 0.1) is 0 Å². The van der Waals surface area contributed by atoms with Crippen molar-refractivity contribution < 1.29 is 0 Å². The molecule has 4 nitrogen and oxygen atoms in total. The average molecular weight is 879 g/mol. The number of para-hydroxylation sites is 2. The molecule has 0 unspecified atom stereocenters. The molecule has 0 atom stereocenters. The van der Waals surface area contributed by atoms with Crippen LogP contribution in [0.2, 0.25) is 0 Å². The fourth-order valence-corrected chi connectivity index (χ4v) is 11.0. The zero-order valence-electron chi connectivity index (χ0n) is 37.6. The summed E-state index contributed by atoms with van der Waals surface area (Å²) in [4.78, 5) is 10.7. The van der Waals surface area contributed by atoms with Crippen LogP contribution in [0.15, 0.2) is 243 Å². The molecule has 69 heavy (non-hydrogen) atoms. The smallest absolute Gasteiger partial charge is 0.235 e. The molecule has 0 saturated carbocycles. The number of hydrogen-bond acceptors (Lipinski definition) is 2. The fraction of sp³-hybridized carbons (Fsp3) is 0.0154. The third-order valence-electron chi connectivity index (χ3n) is 14.2.